The molecule has 0 aromatic heterocycles. The van der Waals surface area contributed by atoms with E-state index < -0.39 is 0 Å². The van der Waals surface area contributed by atoms with Crippen LogP contribution in [0.2, 0.25) is 0 Å². The Labute approximate surface area is 133 Å². The standard InChI is InChI=1S/C16H31N3OS/c17-5-1-6-18-7-2-8-19(10-9-18)15-3-11-20-16(13-15)4-12-21-14-16/h15H,1-14,17H2. The molecule has 2 atom stereocenters. The van der Waals surface area contributed by atoms with Gasteiger partial charge in [0.1, 0.15) is 0 Å². The van der Waals surface area contributed by atoms with Crippen LogP contribution in [0.3, 0.4) is 0 Å². The molecule has 122 valence electrons. The van der Waals surface area contributed by atoms with Crippen molar-refractivity contribution in [2.24, 2.45) is 5.73 Å². The summed E-state index contributed by atoms with van der Waals surface area (Å²) >= 11 is 2.08. The van der Waals surface area contributed by atoms with Gasteiger partial charge >= 0.3 is 0 Å². The first-order valence-electron chi connectivity index (χ1n) is 8.69. The van der Waals surface area contributed by atoms with E-state index in [9.17, 15) is 0 Å². The summed E-state index contributed by atoms with van der Waals surface area (Å²) in [6.45, 7) is 7.95. The highest BCUT2D eigenvalue weighted by Gasteiger charge is 2.42. The molecule has 3 saturated heterocycles. The fourth-order valence-corrected chi connectivity index (χ4v) is 5.45. The molecular formula is C16H31N3OS. The number of rotatable bonds is 4. The van der Waals surface area contributed by atoms with Crippen LogP contribution in [0.4, 0.5) is 0 Å². The summed E-state index contributed by atoms with van der Waals surface area (Å²) in [6, 6.07) is 0.756. The largest absolute Gasteiger partial charge is 0.374 e. The predicted molar refractivity (Wildman–Crippen MR) is 89.9 cm³/mol. The van der Waals surface area contributed by atoms with Crippen molar-refractivity contribution in [2.75, 3.05) is 57.4 Å². The molecule has 0 aliphatic carbocycles. The summed E-state index contributed by atoms with van der Waals surface area (Å²) in [6.07, 6.45) is 6.21. The first-order chi connectivity index (χ1) is 10.3. The maximum atomic E-state index is 6.18. The lowest BCUT2D eigenvalue weighted by atomic mass is 9.89. The summed E-state index contributed by atoms with van der Waals surface area (Å²) in [4.78, 5) is 5.36. The minimum Gasteiger partial charge on any atom is -0.374 e. The fraction of sp³-hybridized carbons (Fsp3) is 1.00. The molecular weight excluding hydrogens is 282 g/mol. The van der Waals surface area contributed by atoms with Gasteiger partial charge in [-0.05, 0) is 64.0 Å². The van der Waals surface area contributed by atoms with Crippen molar-refractivity contribution in [1.29, 1.82) is 0 Å². The molecule has 3 rings (SSSR count). The van der Waals surface area contributed by atoms with E-state index in [0.29, 0.717) is 0 Å². The van der Waals surface area contributed by atoms with Crippen molar-refractivity contribution in [3.05, 3.63) is 0 Å². The van der Waals surface area contributed by atoms with Gasteiger partial charge in [-0.2, -0.15) is 11.8 Å². The van der Waals surface area contributed by atoms with Gasteiger partial charge in [0.15, 0.2) is 0 Å². The molecule has 3 heterocycles. The molecule has 21 heavy (non-hydrogen) atoms. The zero-order valence-electron chi connectivity index (χ0n) is 13.3. The average Bonchev–Trinajstić information content (AvgIpc) is 2.82. The van der Waals surface area contributed by atoms with Gasteiger partial charge < -0.3 is 15.4 Å². The average molecular weight is 314 g/mol. The van der Waals surface area contributed by atoms with Crippen LogP contribution in [-0.4, -0.2) is 78.8 Å². The van der Waals surface area contributed by atoms with Gasteiger partial charge in [0.25, 0.3) is 0 Å². The van der Waals surface area contributed by atoms with Crippen LogP contribution < -0.4 is 5.73 Å². The Balaban J connectivity index is 1.52. The first-order valence-corrected chi connectivity index (χ1v) is 9.85. The lowest BCUT2D eigenvalue weighted by molar-refractivity contribution is -0.0890. The molecule has 3 aliphatic heterocycles. The van der Waals surface area contributed by atoms with Gasteiger partial charge in [-0.1, -0.05) is 0 Å². The van der Waals surface area contributed by atoms with E-state index in [1.807, 2.05) is 0 Å². The summed E-state index contributed by atoms with van der Waals surface area (Å²) < 4.78 is 6.18. The normalized spacial score (nSPS) is 36.1. The predicted octanol–water partition coefficient (Wildman–Crippen LogP) is 1.40. The zero-order chi connectivity index (χ0) is 14.5. The molecule has 0 saturated carbocycles. The van der Waals surface area contributed by atoms with Gasteiger partial charge in [-0.3, -0.25) is 4.90 Å². The maximum Gasteiger partial charge on any atom is 0.0795 e. The molecule has 5 heteroatoms. The SMILES string of the molecule is NCCCN1CCCN(C2CCOC3(CCSC3)C2)CC1. The molecule has 3 aliphatic rings. The van der Waals surface area contributed by atoms with Crippen LogP contribution in [0.25, 0.3) is 0 Å². The number of nitrogens with zero attached hydrogens (tertiary/aromatic N) is 2. The lowest BCUT2D eigenvalue weighted by Gasteiger charge is -2.42. The van der Waals surface area contributed by atoms with Crippen LogP contribution in [-0.2, 0) is 4.74 Å². The Kier molecular flexibility index (Phi) is 5.85. The molecule has 2 unspecified atom stereocenters. The second-order valence-electron chi connectivity index (χ2n) is 6.85. The number of nitrogens with two attached hydrogens (primary N) is 1. The van der Waals surface area contributed by atoms with Crippen LogP contribution in [0.1, 0.15) is 32.1 Å². The smallest absolute Gasteiger partial charge is 0.0795 e. The van der Waals surface area contributed by atoms with Crippen molar-refractivity contribution in [2.45, 2.75) is 43.7 Å². The van der Waals surface area contributed by atoms with Gasteiger partial charge in [-0.25, -0.2) is 0 Å². The third kappa shape index (κ3) is 4.14. The molecule has 0 aromatic carbocycles. The minimum absolute atomic E-state index is 0.221. The summed E-state index contributed by atoms with van der Waals surface area (Å²) in [5.74, 6) is 2.51. The van der Waals surface area contributed by atoms with E-state index in [0.717, 1.165) is 25.6 Å². The Bertz CT molecular complexity index is 323. The highest BCUT2D eigenvalue weighted by atomic mass is 32.2. The molecule has 1 spiro atoms. The van der Waals surface area contributed by atoms with E-state index in [1.54, 1.807) is 0 Å². The Morgan fingerprint density at radius 3 is 3.00 bits per heavy atom. The minimum atomic E-state index is 0.221. The van der Waals surface area contributed by atoms with Crippen molar-refractivity contribution >= 4 is 11.8 Å². The quantitative estimate of drug-likeness (QED) is 0.850. The second kappa shape index (κ2) is 7.64. The Hall–Kier alpha value is 0.190. The zero-order valence-corrected chi connectivity index (χ0v) is 14.1. The number of ether oxygens (including phenoxy) is 1. The topological polar surface area (TPSA) is 41.7 Å². The van der Waals surface area contributed by atoms with Crippen LogP contribution in [0, 0.1) is 0 Å². The summed E-state index contributed by atoms with van der Waals surface area (Å²) in [5, 5.41) is 0. The molecule has 0 aromatic rings. The highest BCUT2D eigenvalue weighted by Crippen LogP contribution is 2.39. The van der Waals surface area contributed by atoms with E-state index in [1.165, 1.54) is 69.9 Å². The molecule has 0 bridgehead atoms. The number of hydrogen-bond donors (Lipinski definition) is 1. The van der Waals surface area contributed by atoms with E-state index >= 15 is 0 Å². The van der Waals surface area contributed by atoms with Gasteiger partial charge in [0.05, 0.1) is 5.60 Å². The van der Waals surface area contributed by atoms with Crippen LogP contribution in [0.15, 0.2) is 0 Å². The summed E-state index contributed by atoms with van der Waals surface area (Å²) in [7, 11) is 0. The molecule has 0 radical (unpaired) electrons. The third-order valence-corrected chi connectivity index (χ3v) is 6.58. The Morgan fingerprint density at radius 2 is 2.19 bits per heavy atom. The van der Waals surface area contributed by atoms with Crippen molar-refractivity contribution < 1.29 is 4.74 Å². The molecule has 0 amide bonds. The van der Waals surface area contributed by atoms with Gasteiger partial charge in [0, 0.05) is 31.5 Å². The van der Waals surface area contributed by atoms with Crippen LogP contribution >= 0.6 is 11.8 Å². The first kappa shape index (κ1) is 16.1. The van der Waals surface area contributed by atoms with E-state index in [2.05, 4.69) is 21.6 Å². The second-order valence-corrected chi connectivity index (χ2v) is 7.96. The summed E-state index contributed by atoms with van der Waals surface area (Å²) in [5.41, 5.74) is 5.86. The molecule has 2 N–H and O–H groups in total. The maximum absolute atomic E-state index is 6.18. The third-order valence-electron chi connectivity index (χ3n) is 5.35. The monoisotopic (exact) mass is 313 g/mol. The van der Waals surface area contributed by atoms with Crippen molar-refractivity contribution in [3.63, 3.8) is 0 Å². The molecule has 3 fully saturated rings. The fourth-order valence-electron chi connectivity index (χ4n) is 4.07. The highest BCUT2D eigenvalue weighted by molar-refractivity contribution is 7.99. The lowest BCUT2D eigenvalue weighted by Crippen LogP contribution is -2.49. The number of hydrogen-bond acceptors (Lipinski definition) is 5. The number of thioether (sulfide) groups is 1. The molecule has 4 nitrogen and oxygen atoms in total. The van der Waals surface area contributed by atoms with Gasteiger partial charge in [-0.15, -0.1) is 0 Å². The van der Waals surface area contributed by atoms with Crippen LogP contribution in [0.5, 0.6) is 0 Å². The van der Waals surface area contributed by atoms with Crippen molar-refractivity contribution in [1.82, 2.24) is 9.80 Å². The van der Waals surface area contributed by atoms with Gasteiger partial charge in [0.2, 0.25) is 0 Å². The van der Waals surface area contributed by atoms with Crippen molar-refractivity contribution in [3.8, 4) is 0 Å². The Morgan fingerprint density at radius 1 is 1.24 bits per heavy atom. The van der Waals surface area contributed by atoms with E-state index in [4.69, 9.17) is 10.5 Å². The van der Waals surface area contributed by atoms with E-state index in [-0.39, 0.29) is 5.60 Å².